The van der Waals surface area contributed by atoms with Crippen molar-refractivity contribution in [1.82, 2.24) is 10.2 Å². The number of piperidine rings is 1. The fourth-order valence-electron chi connectivity index (χ4n) is 3.79. The molecule has 0 spiro atoms. The van der Waals surface area contributed by atoms with Crippen LogP contribution in [0.3, 0.4) is 0 Å². The second kappa shape index (κ2) is 8.47. The van der Waals surface area contributed by atoms with E-state index < -0.39 is 30.0 Å². The van der Waals surface area contributed by atoms with E-state index in [0.29, 0.717) is 18.7 Å². The van der Waals surface area contributed by atoms with E-state index in [4.69, 9.17) is 14.0 Å². The van der Waals surface area contributed by atoms with Crippen molar-refractivity contribution in [2.24, 2.45) is 0 Å². The highest BCUT2D eigenvalue weighted by molar-refractivity contribution is 6.63. The number of likely N-dealkylation sites (tertiary alicyclic amines) is 1. The number of benzene rings is 1. The monoisotopic (exact) mass is 430 g/mol. The third-order valence-electron chi connectivity index (χ3n) is 6.13. The van der Waals surface area contributed by atoms with Crippen LogP contribution in [-0.4, -0.2) is 60.0 Å². The Hall–Kier alpha value is -2.06. The Morgan fingerprint density at radius 3 is 2.35 bits per heavy atom. The Labute approximate surface area is 185 Å². The van der Waals surface area contributed by atoms with Gasteiger partial charge in [0.2, 0.25) is 0 Å². The summed E-state index contributed by atoms with van der Waals surface area (Å²) in [5, 5.41) is 2.90. The molecular weight excluding hydrogens is 395 g/mol. The summed E-state index contributed by atoms with van der Waals surface area (Å²) < 4.78 is 17.7. The molecule has 0 saturated carbocycles. The standard InChI is InChI=1S/C23H35BN2O5/c1-21(2,3)29-20(28)25-16-11-10-14-26(15-16)19(27)17-12-8-9-13-18(17)24-30-22(4,5)23(6,7)31-24/h8-9,12-13,16H,10-11,14-15H2,1-7H3,(H,25,28). The minimum atomic E-state index is -0.606. The van der Waals surface area contributed by atoms with E-state index in [2.05, 4.69) is 5.32 Å². The van der Waals surface area contributed by atoms with E-state index in [1.165, 1.54) is 0 Å². The summed E-state index contributed by atoms with van der Waals surface area (Å²) in [4.78, 5) is 27.4. The summed E-state index contributed by atoms with van der Waals surface area (Å²) in [6.45, 7) is 14.6. The van der Waals surface area contributed by atoms with E-state index in [0.717, 1.165) is 18.3 Å². The summed E-state index contributed by atoms with van der Waals surface area (Å²) in [5.74, 6) is -0.0824. The number of ether oxygens (including phenoxy) is 1. The molecule has 0 bridgehead atoms. The molecule has 1 atom stereocenters. The van der Waals surface area contributed by atoms with Gasteiger partial charge in [-0.05, 0) is 72.8 Å². The smallest absolute Gasteiger partial charge is 0.444 e. The lowest BCUT2D eigenvalue weighted by Gasteiger charge is -2.34. The van der Waals surface area contributed by atoms with Gasteiger partial charge < -0.3 is 24.3 Å². The highest BCUT2D eigenvalue weighted by atomic mass is 16.7. The maximum atomic E-state index is 13.4. The van der Waals surface area contributed by atoms with Gasteiger partial charge in [0.25, 0.3) is 5.91 Å². The molecule has 0 radical (unpaired) electrons. The quantitative estimate of drug-likeness (QED) is 0.746. The molecule has 0 aromatic heterocycles. The molecule has 1 N–H and O–H groups in total. The first-order valence-corrected chi connectivity index (χ1v) is 11.0. The van der Waals surface area contributed by atoms with E-state index >= 15 is 0 Å². The predicted octanol–water partition coefficient (Wildman–Crippen LogP) is 3.12. The van der Waals surface area contributed by atoms with Crippen molar-refractivity contribution in [1.29, 1.82) is 0 Å². The molecule has 170 valence electrons. The third-order valence-corrected chi connectivity index (χ3v) is 6.13. The number of nitrogens with one attached hydrogen (secondary N) is 1. The number of hydrogen-bond acceptors (Lipinski definition) is 5. The minimum absolute atomic E-state index is 0.0824. The van der Waals surface area contributed by atoms with E-state index in [1.54, 1.807) is 4.90 Å². The molecule has 7 nitrogen and oxygen atoms in total. The van der Waals surface area contributed by atoms with Gasteiger partial charge >= 0.3 is 13.2 Å². The molecule has 31 heavy (non-hydrogen) atoms. The Kier molecular flexibility index (Phi) is 6.45. The fourth-order valence-corrected chi connectivity index (χ4v) is 3.79. The maximum absolute atomic E-state index is 13.4. The first-order valence-electron chi connectivity index (χ1n) is 11.0. The van der Waals surface area contributed by atoms with E-state index in [1.807, 2.05) is 72.7 Å². The first-order chi connectivity index (χ1) is 14.3. The Bertz CT molecular complexity index is 818. The van der Waals surface area contributed by atoms with Crippen LogP contribution in [0.2, 0.25) is 0 Å². The lowest BCUT2D eigenvalue weighted by molar-refractivity contribution is 0.00578. The van der Waals surface area contributed by atoms with Crippen LogP contribution < -0.4 is 10.8 Å². The Morgan fingerprint density at radius 1 is 1.13 bits per heavy atom. The Balaban J connectivity index is 1.73. The van der Waals surface area contributed by atoms with Crippen molar-refractivity contribution in [3.8, 4) is 0 Å². The van der Waals surface area contributed by atoms with Crippen LogP contribution in [0.5, 0.6) is 0 Å². The number of nitrogens with zero attached hydrogens (tertiary/aromatic N) is 1. The second-order valence-electron chi connectivity index (χ2n) is 10.4. The number of amides is 2. The van der Waals surface area contributed by atoms with Crippen LogP contribution in [0.1, 0.15) is 71.7 Å². The van der Waals surface area contributed by atoms with Gasteiger partial charge in [0.05, 0.1) is 11.2 Å². The molecule has 1 unspecified atom stereocenters. The highest BCUT2D eigenvalue weighted by Gasteiger charge is 2.52. The molecule has 8 heteroatoms. The van der Waals surface area contributed by atoms with Gasteiger partial charge in [-0.25, -0.2) is 4.79 Å². The third kappa shape index (κ3) is 5.41. The average Bonchev–Trinajstić information content (AvgIpc) is 2.87. The number of carbonyl (C=O) groups excluding carboxylic acids is 2. The summed E-state index contributed by atoms with van der Waals surface area (Å²) in [6, 6.07) is 7.29. The number of alkyl carbamates (subject to hydrolysis) is 1. The lowest BCUT2D eigenvalue weighted by Crippen LogP contribution is -2.51. The van der Waals surface area contributed by atoms with Gasteiger partial charge in [-0.15, -0.1) is 0 Å². The van der Waals surface area contributed by atoms with Crippen LogP contribution in [0.25, 0.3) is 0 Å². The summed E-state index contributed by atoms with van der Waals surface area (Å²) >= 11 is 0. The molecule has 2 amide bonds. The van der Waals surface area contributed by atoms with Crippen LogP contribution in [0, 0.1) is 0 Å². The van der Waals surface area contributed by atoms with Gasteiger partial charge in [-0.3, -0.25) is 4.79 Å². The van der Waals surface area contributed by atoms with Crippen molar-refractivity contribution in [3.63, 3.8) is 0 Å². The predicted molar refractivity (Wildman–Crippen MR) is 120 cm³/mol. The molecule has 2 saturated heterocycles. The summed E-state index contributed by atoms with van der Waals surface area (Å²) in [6.07, 6.45) is 1.16. The molecule has 3 rings (SSSR count). The van der Waals surface area contributed by atoms with Gasteiger partial charge in [0, 0.05) is 24.7 Å². The molecule has 1 aromatic carbocycles. The normalized spacial score (nSPS) is 22.9. The van der Waals surface area contributed by atoms with Gasteiger partial charge in [0.15, 0.2) is 0 Å². The van der Waals surface area contributed by atoms with Gasteiger partial charge in [-0.1, -0.05) is 18.2 Å². The van der Waals surface area contributed by atoms with Crippen LogP contribution >= 0.6 is 0 Å². The van der Waals surface area contributed by atoms with Crippen molar-refractivity contribution >= 4 is 24.6 Å². The fraction of sp³-hybridized carbons (Fsp3) is 0.652. The van der Waals surface area contributed by atoms with Gasteiger partial charge in [0.1, 0.15) is 5.60 Å². The molecule has 0 aliphatic carbocycles. The van der Waals surface area contributed by atoms with E-state index in [-0.39, 0.29) is 11.9 Å². The largest absolute Gasteiger partial charge is 0.495 e. The van der Waals surface area contributed by atoms with Crippen molar-refractivity contribution in [2.75, 3.05) is 13.1 Å². The zero-order chi connectivity index (χ0) is 23.0. The number of carbonyl (C=O) groups is 2. The molecule has 2 aliphatic rings. The highest BCUT2D eigenvalue weighted by Crippen LogP contribution is 2.36. The SMILES string of the molecule is CC(C)(C)OC(=O)NC1CCCN(C(=O)c2ccccc2B2OC(C)(C)C(C)(C)O2)C1. The molecule has 1 aromatic rings. The van der Waals surface area contributed by atoms with Crippen LogP contribution in [0.15, 0.2) is 24.3 Å². The maximum Gasteiger partial charge on any atom is 0.495 e. The zero-order valence-electron chi connectivity index (χ0n) is 19.8. The molecule has 2 fully saturated rings. The van der Waals surface area contributed by atoms with Crippen LogP contribution in [-0.2, 0) is 14.0 Å². The van der Waals surface area contributed by atoms with Gasteiger partial charge in [-0.2, -0.15) is 0 Å². The topological polar surface area (TPSA) is 77.1 Å². The summed E-state index contributed by atoms with van der Waals surface area (Å²) in [5.41, 5.74) is -0.231. The number of hydrogen-bond donors (Lipinski definition) is 1. The van der Waals surface area contributed by atoms with Crippen molar-refractivity contribution < 1.29 is 23.6 Å². The summed E-state index contributed by atoms with van der Waals surface area (Å²) in [7, 11) is -0.606. The number of rotatable bonds is 3. The van der Waals surface area contributed by atoms with E-state index in [9.17, 15) is 9.59 Å². The second-order valence-corrected chi connectivity index (χ2v) is 10.4. The lowest BCUT2D eigenvalue weighted by atomic mass is 9.75. The van der Waals surface area contributed by atoms with Crippen molar-refractivity contribution in [2.45, 2.75) is 84.2 Å². The zero-order valence-corrected chi connectivity index (χ0v) is 19.8. The Morgan fingerprint density at radius 2 is 1.74 bits per heavy atom. The van der Waals surface area contributed by atoms with Crippen LogP contribution in [0.4, 0.5) is 4.79 Å². The minimum Gasteiger partial charge on any atom is -0.444 e. The molecule has 2 heterocycles. The molecule has 2 aliphatic heterocycles. The molecular formula is C23H35BN2O5. The average molecular weight is 430 g/mol. The first kappa shape index (κ1) is 23.6. The van der Waals surface area contributed by atoms with Crippen molar-refractivity contribution in [3.05, 3.63) is 29.8 Å².